The number of hydrogen-bond donors (Lipinski definition) is 0. The summed E-state index contributed by atoms with van der Waals surface area (Å²) in [6.07, 6.45) is 0. The molecule has 1 atom stereocenters. The maximum atomic E-state index is 12.8. The second-order valence-electron chi connectivity index (χ2n) is 6.60. The van der Waals surface area contributed by atoms with Crippen LogP contribution in [0.25, 0.3) is 11.4 Å². The highest BCUT2D eigenvalue weighted by atomic mass is 32.2. The fraction of sp³-hybridized carbons (Fsp3) is 0.526. The molecule has 0 bridgehead atoms. The van der Waals surface area contributed by atoms with Crippen LogP contribution in [0, 0.1) is 0 Å². The minimum Gasteiger partial charge on any atom is -0.465 e. The normalized spacial score (nSPS) is 16.4. The molecule has 1 aliphatic rings. The fourth-order valence-electron chi connectivity index (χ4n) is 3.05. The lowest BCUT2D eigenvalue weighted by Gasteiger charge is -2.26. The molecular formula is C19H26N4O5S2. The zero-order chi connectivity index (χ0) is 21.7. The molecule has 2 heterocycles. The van der Waals surface area contributed by atoms with E-state index in [-0.39, 0.29) is 10.9 Å². The number of ether oxygens (including phenoxy) is 2. The molecule has 0 unspecified atom stereocenters. The lowest BCUT2D eigenvalue weighted by molar-refractivity contribution is -0.142. The summed E-state index contributed by atoms with van der Waals surface area (Å²) in [6, 6.07) is 6.63. The van der Waals surface area contributed by atoms with E-state index in [4.69, 9.17) is 9.47 Å². The van der Waals surface area contributed by atoms with Gasteiger partial charge < -0.3 is 14.0 Å². The summed E-state index contributed by atoms with van der Waals surface area (Å²) in [5.41, 5.74) is 0.751. The van der Waals surface area contributed by atoms with Crippen molar-refractivity contribution in [3.05, 3.63) is 24.3 Å². The Bertz CT molecular complexity index is 969. The molecule has 1 fully saturated rings. The van der Waals surface area contributed by atoms with Crippen LogP contribution >= 0.6 is 11.8 Å². The zero-order valence-electron chi connectivity index (χ0n) is 17.3. The Labute approximate surface area is 180 Å². The number of carbonyl (C=O) groups is 1. The molecular weight excluding hydrogens is 428 g/mol. The molecule has 1 aromatic carbocycles. The lowest BCUT2D eigenvalue weighted by atomic mass is 10.2. The van der Waals surface area contributed by atoms with Crippen LogP contribution in [0.3, 0.4) is 0 Å². The minimum absolute atomic E-state index is 0.237. The molecule has 0 amide bonds. The number of rotatable bonds is 8. The maximum Gasteiger partial charge on any atom is 0.319 e. The predicted octanol–water partition coefficient (Wildman–Crippen LogP) is 2.03. The van der Waals surface area contributed by atoms with Gasteiger partial charge in [-0.3, -0.25) is 4.79 Å². The van der Waals surface area contributed by atoms with Crippen LogP contribution in [0.1, 0.15) is 20.8 Å². The summed E-state index contributed by atoms with van der Waals surface area (Å²) >= 11 is 1.28. The summed E-state index contributed by atoms with van der Waals surface area (Å²) in [7, 11) is -3.55. The molecule has 164 valence electrons. The van der Waals surface area contributed by atoms with Gasteiger partial charge in [0.2, 0.25) is 10.0 Å². The molecule has 1 aliphatic heterocycles. The summed E-state index contributed by atoms with van der Waals surface area (Å²) in [5, 5.41) is 8.68. The van der Waals surface area contributed by atoms with Crippen LogP contribution < -0.4 is 0 Å². The fourth-order valence-corrected chi connectivity index (χ4v) is 5.37. The first-order valence-electron chi connectivity index (χ1n) is 9.83. The van der Waals surface area contributed by atoms with E-state index in [1.54, 1.807) is 38.1 Å². The minimum atomic E-state index is -3.55. The Balaban J connectivity index is 1.81. The van der Waals surface area contributed by atoms with E-state index in [1.165, 1.54) is 16.1 Å². The topological polar surface area (TPSA) is 104 Å². The van der Waals surface area contributed by atoms with Crippen molar-refractivity contribution >= 4 is 27.8 Å². The summed E-state index contributed by atoms with van der Waals surface area (Å²) in [6.45, 7) is 7.95. The molecule has 0 spiro atoms. The predicted molar refractivity (Wildman–Crippen MR) is 113 cm³/mol. The van der Waals surface area contributed by atoms with Crippen LogP contribution in [0.15, 0.2) is 34.3 Å². The number of esters is 1. The highest BCUT2D eigenvalue weighted by Gasteiger charge is 2.26. The van der Waals surface area contributed by atoms with Crippen molar-refractivity contribution in [1.82, 2.24) is 19.1 Å². The number of morpholine rings is 1. The van der Waals surface area contributed by atoms with Crippen LogP contribution in [-0.4, -0.2) is 71.6 Å². The second-order valence-corrected chi connectivity index (χ2v) is 9.85. The Kier molecular flexibility index (Phi) is 7.50. The van der Waals surface area contributed by atoms with Gasteiger partial charge in [0.15, 0.2) is 11.0 Å². The molecule has 1 saturated heterocycles. The van der Waals surface area contributed by atoms with Gasteiger partial charge in [-0.1, -0.05) is 11.8 Å². The van der Waals surface area contributed by atoms with E-state index >= 15 is 0 Å². The standard InChI is InChI=1S/C19H26N4O5S2/c1-4-23-17(20-21-19(23)29-14(3)18(24)28-5-2)15-6-8-16(9-7-15)30(25,26)22-10-12-27-13-11-22/h6-9,14H,4-5,10-13H2,1-3H3/t14-/m0/s1. The van der Waals surface area contributed by atoms with E-state index < -0.39 is 15.3 Å². The number of sulfonamides is 1. The summed E-state index contributed by atoms with van der Waals surface area (Å²) in [5.74, 6) is 0.318. The number of hydrogen-bond acceptors (Lipinski definition) is 8. The van der Waals surface area contributed by atoms with Crippen LogP contribution in [0.4, 0.5) is 0 Å². The third kappa shape index (κ3) is 4.85. The van der Waals surface area contributed by atoms with E-state index in [2.05, 4.69) is 10.2 Å². The third-order valence-electron chi connectivity index (χ3n) is 4.65. The number of carbonyl (C=O) groups excluding carboxylic acids is 1. The van der Waals surface area contributed by atoms with Gasteiger partial charge in [-0.15, -0.1) is 10.2 Å². The van der Waals surface area contributed by atoms with Crippen LogP contribution in [0.2, 0.25) is 0 Å². The number of thioether (sulfide) groups is 1. The van der Waals surface area contributed by atoms with Crippen molar-refractivity contribution in [2.24, 2.45) is 0 Å². The van der Waals surface area contributed by atoms with Crippen molar-refractivity contribution in [1.29, 1.82) is 0 Å². The van der Waals surface area contributed by atoms with E-state index in [1.807, 2.05) is 11.5 Å². The maximum absolute atomic E-state index is 12.8. The quantitative estimate of drug-likeness (QED) is 0.441. The van der Waals surface area contributed by atoms with Gasteiger partial charge in [0.1, 0.15) is 5.25 Å². The van der Waals surface area contributed by atoms with Gasteiger partial charge >= 0.3 is 5.97 Å². The molecule has 1 aromatic heterocycles. The van der Waals surface area contributed by atoms with Gasteiger partial charge in [0.25, 0.3) is 0 Å². The molecule has 0 radical (unpaired) electrons. The van der Waals surface area contributed by atoms with Crippen molar-refractivity contribution < 1.29 is 22.7 Å². The first-order valence-corrected chi connectivity index (χ1v) is 12.1. The molecule has 0 aliphatic carbocycles. The average Bonchev–Trinajstić information content (AvgIpc) is 3.17. The van der Waals surface area contributed by atoms with Gasteiger partial charge in [0, 0.05) is 25.2 Å². The summed E-state index contributed by atoms with van der Waals surface area (Å²) in [4.78, 5) is 12.2. The number of nitrogens with zero attached hydrogens (tertiary/aromatic N) is 4. The number of aromatic nitrogens is 3. The Morgan fingerprint density at radius 2 is 1.87 bits per heavy atom. The molecule has 3 rings (SSSR count). The first-order chi connectivity index (χ1) is 14.4. The lowest BCUT2D eigenvalue weighted by Crippen LogP contribution is -2.40. The van der Waals surface area contributed by atoms with Crippen molar-refractivity contribution in [2.45, 2.75) is 42.6 Å². The second kappa shape index (κ2) is 9.90. The Morgan fingerprint density at radius 3 is 2.47 bits per heavy atom. The summed E-state index contributed by atoms with van der Waals surface area (Å²) < 4.78 is 39.2. The van der Waals surface area contributed by atoms with Crippen molar-refractivity contribution in [3.63, 3.8) is 0 Å². The van der Waals surface area contributed by atoms with E-state index in [9.17, 15) is 13.2 Å². The SMILES string of the molecule is CCOC(=O)[C@H](C)Sc1nnc(-c2ccc(S(=O)(=O)N3CCOCC3)cc2)n1CC. The first kappa shape index (κ1) is 22.7. The monoisotopic (exact) mass is 454 g/mol. The largest absolute Gasteiger partial charge is 0.465 e. The smallest absolute Gasteiger partial charge is 0.319 e. The molecule has 0 saturated carbocycles. The van der Waals surface area contributed by atoms with Crippen molar-refractivity contribution in [2.75, 3.05) is 32.9 Å². The van der Waals surface area contributed by atoms with Crippen LogP contribution in [0.5, 0.6) is 0 Å². The molecule has 9 nitrogen and oxygen atoms in total. The Hall–Kier alpha value is -1.95. The highest BCUT2D eigenvalue weighted by molar-refractivity contribution is 8.00. The van der Waals surface area contributed by atoms with Gasteiger partial charge in [-0.25, -0.2) is 8.42 Å². The van der Waals surface area contributed by atoms with E-state index in [0.29, 0.717) is 50.4 Å². The third-order valence-corrected chi connectivity index (χ3v) is 7.63. The van der Waals surface area contributed by atoms with Gasteiger partial charge in [-0.05, 0) is 45.0 Å². The molecule has 2 aromatic rings. The average molecular weight is 455 g/mol. The zero-order valence-corrected chi connectivity index (χ0v) is 18.9. The van der Waals surface area contributed by atoms with E-state index in [0.717, 1.165) is 5.56 Å². The Morgan fingerprint density at radius 1 is 1.20 bits per heavy atom. The van der Waals surface area contributed by atoms with Crippen LogP contribution in [-0.2, 0) is 30.8 Å². The number of benzene rings is 1. The van der Waals surface area contributed by atoms with Gasteiger partial charge in [-0.2, -0.15) is 4.31 Å². The molecule has 11 heteroatoms. The molecule has 0 N–H and O–H groups in total. The van der Waals surface area contributed by atoms with Crippen molar-refractivity contribution in [3.8, 4) is 11.4 Å². The highest BCUT2D eigenvalue weighted by Crippen LogP contribution is 2.28. The van der Waals surface area contributed by atoms with Gasteiger partial charge in [0.05, 0.1) is 24.7 Å². The molecule has 30 heavy (non-hydrogen) atoms.